The second-order valence-electron chi connectivity index (χ2n) is 14.4. The molecule has 0 aliphatic heterocycles. The van der Waals surface area contributed by atoms with Gasteiger partial charge in [0.1, 0.15) is 6.10 Å². The highest BCUT2D eigenvalue weighted by atomic mass is 16.5. The zero-order valence-corrected chi connectivity index (χ0v) is 33.5. The molecule has 0 saturated heterocycles. The van der Waals surface area contributed by atoms with Gasteiger partial charge in [0.15, 0.2) is 0 Å². The van der Waals surface area contributed by atoms with E-state index in [9.17, 15) is 14.7 Å². The van der Waals surface area contributed by atoms with Gasteiger partial charge in [-0.05, 0) is 83.7 Å². The van der Waals surface area contributed by atoms with Gasteiger partial charge in [-0.25, -0.2) is 0 Å². The van der Waals surface area contributed by atoms with Crippen LogP contribution in [0.3, 0.4) is 0 Å². The summed E-state index contributed by atoms with van der Waals surface area (Å²) in [4.78, 5) is 27.1. The molecule has 0 atom stereocenters. The Kier molecular flexibility index (Phi) is 38.8. The number of hydrogen-bond donors (Lipinski definition) is 1. The van der Waals surface area contributed by atoms with E-state index in [4.69, 9.17) is 9.47 Å². The number of carbonyl (C=O) groups excluding carboxylic acids is 2. The summed E-state index contributed by atoms with van der Waals surface area (Å²) in [6.07, 6.45) is 40.7. The van der Waals surface area contributed by atoms with E-state index < -0.39 is 0 Å². The summed E-state index contributed by atoms with van der Waals surface area (Å²) in [5.41, 5.74) is 0. The number of ether oxygens (including phenoxy) is 2. The van der Waals surface area contributed by atoms with Gasteiger partial charge in [0.25, 0.3) is 0 Å². The van der Waals surface area contributed by atoms with Crippen molar-refractivity contribution in [3.8, 4) is 0 Å². The van der Waals surface area contributed by atoms with E-state index in [-0.39, 0.29) is 24.6 Å². The van der Waals surface area contributed by atoms with Crippen molar-refractivity contribution < 1.29 is 24.2 Å². The molecule has 0 aliphatic carbocycles. The SMILES string of the molecule is CCCC/C=C\CCC(CC/C=C\CCCC)OC(=O)CCCCCCCN(CCO)CCCCCC(=O)OCCCCCCCCCCC. The van der Waals surface area contributed by atoms with Crippen LogP contribution in [0.5, 0.6) is 0 Å². The van der Waals surface area contributed by atoms with Gasteiger partial charge in [0, 0.05) is 19.4 Å². The molecule has 0 rings (SSSR count). The number of aliphatic hydroxyl groups excluding tert-OH is 1. The van der Waals surface area contributed by atoms with E-state index >= 15 is 0 Å². The van der Waals surface area contributed by atoms with Gasteiger partial charge < -0.3 is 19.5 Å². The number of esters is 2. The Labute approximate surface area is 310 Å². The number of aliphatic hydroxyl groups is 1. The zero-order chi connectivity index (χ0) is 36.6. The monoisotopic (exact) mass is 706 g/mol. The standard InChI is InChI=1S/C44H83NO5/c1-4-7-10-13-16-17-18-24-32-41-49-43(47)35-29-25-31-38-45(39-40-46)37-30-23-19-22-28-36-44(48)50-42(33-26-20-14-11-8-5-2)34-27-21-15-12-9-6-3/h14-15,20-21,42,46H,4-13,16-19,22-41H2,1-3H3/b20-14-,21-15-. The van der Waals surface area contributed by atoms with Crippen LogP contribution in [-0.2, 0) is 19.1 Å². The van der Waals surface area contributed by atoms with Gasteiger partial charge >= 0.3 is 11.9 Å². The third kappa shape index (κ3) is 36.1. The van der Waals surface area contributed by atoms with Crippen LogP contribution in [0, 0.1) is 0 Å². The first kappa shape index (κ1) is 48.3. The summed E-state index contributed by atoms with van der Waals surface area (Å²) in [5, 5.41) is 9.52. The number of hydrogen-bond acceptors (Lipinski definition) is 6. The predicted molar refractivity (Wildman–Crippen MR) is 214 cm³/mol. The van der Waals surface area contributed by atoms with Gasteiger partial charge in [0.2, 0.25) is 0 Å². The Morgan fingerprint density at radius 3 is 1.50 bits per heavy atom. The van der Waals surface area contributed by atoms with Gasteiger partial charge in [0.05, 0.1) is 13.2 Å². The fourth-order valence-electron chi connectivity index (χ4n) is 6.25. The number of nitrogens with zero attached hydrogens (tertiary/aromatic N) is 1. The highest BCUT2D eigenvalue weighted by Gasteiger charge is 2.13. The summed E-state index contributed by atoms with van der Waals surface area (Å²) in [6.45, 7) is 10.1. The van der Waals surface area contributed by atoms with Crippen LogP contribution in [0.1, 0.15) is 207 Å². The Morgan fingerprint density at radius 1 is 0.520 bits per heavy atom. The molecule has 0 fully saturated rings. The minimum Gasteiger partial charge on any atom is -0.466 e. The number of rotatable bonds is 39. The quantitative estimate of drug-likeness (QED) is 0.0390. The van der Waals surface area contributed by atoms with E-state index in [0.29, 0.717) is 26.0 Å². The lowest BCUT2D eigenvalue weighted by Gasteiger charge is -2.21. The second-order valence-corrected chi connectivity index (χ2v) is 14.4. The Hall–Kier alpha value is -1.66. The first-order valence-corrected chi connectivity index (χ1v) is 21.6. The van der Waals surface area contributed by atoms with Crippen LogP contribution < -0.4 is 0 Å². The van der Waals surface area contributed by atoms with Crippen molar-refractivity contribution in [1.82, 2.24) is 4.90 Å². The van der Waals surface area contributed by atoms with Crippen LogP contribution in [0.4, 0.5) is 0 Å². The van der Waals surface area contributed by atoms with Crippen LogP contribution in [0.2, 0.25) is 0 Å². The number of unbranched alkanes of at least 4 members (excludes halogenated alkanes) is 18. The lowest BCUT2D eigenvalue weighted by molar-refractivity contribution is -0.150. The molecule has 0 aromatic rings. The highest BCUT2D eigenvalue weighted by molar-refractivity contribution is 5.69. The predicted octanol–water partition coefficient (Wildman–Crippen LogP) is 12.2. The maximum atomic E-state index is 12.6. The third-order valence-corrected chi connectivity index (χ3v) is 9.53. The van der Waals surface area contributed by atoms with E-state index in [2.05, 4.69) is 50.0 Å². The van der Waals surface area contributed by atoms with Gasteiger partial charge in [-0.3, -0.25) is 9.59 Å². The smallest absolute Gasteiger partial charge is 0.306 e. The van der Waals surface area contributed by atoms with Gasteiger partial charge in [-0.1, -0.05) is 148 Å². The molecule has 0 bridgehead atoms. The highest BCUT2D eigenvalue weighted by Crippen LogP contribution is 2.15. The van der Waals surface area contributed by atoms with Gasteiger partial charge in [-0.2, -0.15) is 0 Å². The zero-order valence-electron chi connectivity index (χ0n) is 33.5. The fourth-order valence-corrected chi connectivity index (χ4v) is 6.25. The summed E-state index contributed by atoms with van der Waals surface area (Å²) in [7, 11) is 0. The van der Waals surface area contributed by atoms with Crippen molar-refractivity contribution in [3.63, 3.8) is 0 Å². The molecule has 6 heteroatoms. The molecule has 1 N–H and O–H groups in total. The summed E-state index contributed by atoms with van der Waals surface area (Å²) in [5.74, 6) is -0.0952. The van der Waals surface area contributed by atoms with Crippen molar-refractivity contribution >= 4 is 11.9 Å². The van der Waals surface area contributed by atoms with Crippen molar-refractivity contribution in [3.05, 3.63) is 24.3 Å². The maximum Gasteiger partial charge on any atom is 0.306 e. The molecular weight excluding hydrogens is 622 g/mol. The van der Waals surface area contributed by atoms with Crippen LogP contribution >= 0.6 is 0 Å². The van der Waals surface area contributed by atoms with Crippen molar-refractivity contribution in [1.29, 1.82) is 0 Å². The Balaban J connectivity index is 4.01. The van der Waals surface area contributed by atoms with Crippen molar-refractivity contribution in [2.24, 2.45) is 0 Å². The molecule has 0 amide bonds. The lowest BCUT2D eigenvalue weighted by Crippen LogP contribution is -2.29. The van der Waals surface area contributed by atoms with E-state index in [1.54, 1.807) is 0 Å². The molecule has 0 aromatic carbocycles. The third-order valence-electron chi connectivity index (χ3n) is 9.53. The maximum absolute atomic E-state index is 12.6. The largest absolute Gasteiger partial charge is 0.466 e. The number of allylic oxidation sites excluding steroid dienone is 4. The summed E-state index contributed by atoms with van der Waals surface area (Å²) < 4.78 is 11.4. The average molecular weight is 706 g/mol. The van der Waals surface area contributed by atoms with Crippen molar-refractivity contribution in [2.75, 3.05) is 32.8 Å². The average Bonchev–Trinajstić information content (AvgIpc) is 3.11. The molecule has 0 unspecified atom stereocenters. The normalized spacial score (nSPS) is 11.9. The van der Waals surface area contributed by atoms with E-state index in [0.717, 1.165) is 116 Å². The molecule has 0 radical (unpaired) electrons. The molecule has 0 spiro atoms. The second kappa shape index (κ2) is 40.1. The van der Waals surface area contributed by atoms with E-state index in [1.165, 1.54) is 70.6 Å². The molecule has 0 heterocycles. The number of carbonyl (C=O) groups is 2. The Bertz CT molecular complexity index is 760. The first-order valence-electron chi connectivity index (χ1n) is 21.6. The summed E-state index contributed by atoms with van der Waals surface area (Å²) >= 11 is 0. The van der Waals surface area contributed by atoms with Crippen LogP contribution in [0.15, 0.2) is 24.3 Å². The Morgan fingerprint density at radius 2 is 0.960 bits per heavy atom. The molecule has 50 heavy (non-hydrogen) atoms. The molecule has 6 nitrogen and oxygen atoms in total. The molecule has 294 valence electrons. The first-order chi connectivity index (χ1) is 24.6. The molecular formula is C44H83NO5. The minimum atomic E-state index is -0.0546. The van der Waals surface area contributed by atoms with Crippen LogP contribution in [0.25, 0.3) is 0 Å². The van der Waals surface area contributed by atoms with Crippen molar-refractivity contribution in [2.45, 2.75) is 213 Å². The molecule has 0 aromatic heterocycles. The topological polar surface area (TPSA) is 76.1 Å². The van der Waals surface area contributed by atoms with Gasteiger partial charge in [-0.15, -0.1) is 0 Å². The molecule has 0 saturated carbocycles. The lowest BCUT2D eigenvalue weighted by atomic mass is 10.1. The molecule has 0 aliphatic rings. The summed E-state index contributed by atoms with van der Waals surface area (Å²) in [6, 6.07) is 0. The fraction of sp³-hybridized carbons (Fsp3) is 0.864. The van der Waals surface area contributed by atoms with Crippen LogP contribution in [-0.4, -0.2) is 60.9 Å². The minimum absolute atomic E-state index is 0.00912. The van der Waals surface area contributed by atoms with E-state index in [1.807, 2.05) is 0 Å².